The second-order valence-corrected chi connectivity index (χ2v) is 6.77. The minimum atomic E-state index is 0.0931. The topological polar surface area (TPSA) is 71.2 Å². The Labute approximate surface area is 167 Å². The lowest BCUT2D eigenvalue weighted by atomic mass is 10.1. The first-order chi connectivity index (χ1) is 13.5. The van der Waals surface area contributed by atoms with Crippen molar-refractivity contribution in [2.45, 2.75) is 46.2 Å². The molecule has 0 radical (unpaired) electrons. The van der Waals surface area contributed by atoms with Crippen LogP contribution in [-0.2, 0) is 24.3 Å². The monoisotopic (exact) mass is 380 g/mol. The van der Waals surface area contributed by atoms with Crippen molar-refractivity contribution in [3.8, 4) is 11.8 Å². The summed E-state index contributed by atoms with van der Waals surface area (Å²) in [6.07, 6.45) is 3.22. The van der Waals surface area contributed by atoms with Crippen molar-refractivity contribution >= 4 is 5.91 Å². The van der Waals surface area contributed by atoms with E-state index in [2.05, 4.69) is 17.7 Å². The summed E-state index contributed by atoms with van der Waals surface area (Å²) in [5, 5.41) is 13.2. The molecule has 0 fully saturated rings. The van der Waals surface area contributed by atoms with Crippen molar-refractivity contribution in [3.63, 3.8) is 0 Å². The van der Waals surface area contributed by atoms with Gasteiger partial charge in [-0.2, -0.15) is 10.4 Å². The van der Waals surface area contributed by atoms with Gasteiger partial charge in [0.25, 0.3) is 0 Å². The summed E-state index contributed by atoms with van der Waals surface area (Å²) >= 11 is 0. The van der Waals surface area contributed by atoms with Gasteiger partial charge in [0.2, 0.25) is 5.91 Å². The predicted octanol–water partition coefficient (Wildman–Crippen LogP) is 3.57. The average molecular weight is 380 g/mol. The Morgan fingerprint density at radius 3 is 2.71 bits per heavy atom. The first kappa shape index (κ1) is 21.2. The zero-order valence-electron chi connectivity index (χ0n) is 16.9. The maximum absolute atomic E-state index is 12.6. The summed E-state index contributed by atoms with van der Waals surface area (Å²) in [5.74, 6) is 0.882. The summed E-state index contributed by atoms with van der Waals surface area (Å²) in [5.41, 5.74) is 4.13. The molecule has 2 rings (SSSR count). The largest absolute Gasteiger partial charge is 0.490 e. The number of nitriles is 1. The summed E-state index contributed by atoms with van der Waals surface area (Å²) in [4.78, 5) is 14.3. The van der Waals surface area contributed by atoms with Gasteiger partial charge in [-0.1, -0.05) is 24.8 Å². The summed E-state index contributed by atoms with van der Waals surface area (Å²) in [6.45, 7) is 9.20. The van der Waals surface area contributed by atoms with Gasteiger partial charge >= 0.3 is 0 Å². The molecule has 6 heteroatoms. The van der Waals surface area contributed by atoms with E-state index in [1.54, 1.807) is 11.0 Å². The minimum absolute atomic E-state index is 0.0931. The van der Waals surface area contributed by atoms with Crippen molar-refractivity contribution < 1.29 is 9.53 Å². The van der Waals surface area contributed by atoms with E-state index in [1.165, 1.54) is 0 Å². The van der Waals surface area contributed by atoms with Gasteiger partial charge in [-0.25, -0.2) is 0 Å². The zero-order valence-corrected chi connectivity index (χ0v) is 16.9. The van der Waals surface area contributed by atoms with Gasteiger partial charge in [0, 0.05) is 25.7 Å². The number of carbonyl (C=O) groups is 1. The van der Waals surface area contributed by atoms with E-state index in [0.717, 1.165) is 28.3 Å². The smallest absolute Gasteiger partial charge is 0.222 e. The van der Waals surface area contributed by atoms with Crippen LogP contribution in [0.15, 0.2) is 36.9 Å². The van der Waals surface area contributed by atoms with Crippen LogP contribution in [0.4, 0.5) is 0 Å². The highest BCUT2D eigenvalue weighted by atomic mass is 16.5. The number of amides is 1. The Hall–Kier alpha value is -3.07. The molecule has 1 aromatic heterocycles. The number of rotatable bonds is 10. The predicted molar refractivity (Wildman–Crippen MR) is 109 cm³/mol. The third kappa shape index (κ3) is 5.71. The molecule has 0 unspecified atom stereocenters. The van der Waals surface area contributed by atoms with Gasteiger partial charge in [-0.05, 0) is 43.5 Å². The molecule has 0 aliphatic rings. The van der Waals surface area contributed by atoms with E-state index in [9.17, 15) is 4.79 Å². The van der Waals surface area contributed by atoms with Crippen LogP contribution >= 0.6 is 0 Å². The minimum Gasteiger partial charge on any atom is -0.490 e. The van der Waals surface area contributed by atoms with Crippen molar-refractivity contribution in [1.29, 1.82) is 5.26 Å². The Morgan fingerprint density at radius 1 is 1.36 bits per heavy atom. The van der Waals surface area contributed by atoms with E-state index >= 15 is 0 Å². The number of aryl methyl sites for hydroxylation is 2. The quantitative estimate of drug-likeness (QED) is 0.591. The molecular weight excluding hydrogens is 352 g/mol. The van der Waals surface area contributed by atoms with Gasteiger partial charge in [0.15, 0.2) is 0 Å². The van der Waals surface area contributed by atoms with Gasteiger partial charge in [-0.15, -0.1) is 0 Å². The zero-order chi connectivity index (χ0) is 20.5. The Bertz CT molecular complexity index is 847. The van der Waals surface area contributed by atoms with Crippen molar-refractivity contribution in [2.24, 2.45) is 0 Å². The molecule has 6 nitrogen and oxygen atoms in total. The highest BCUT2D eigenvalue weighted by molar-refractivity contribution is 5.76. The molecule has 0 aliphatic heterocycles. The molecule has 0 N–H and O–H groups in total. The van der Waals surface area contributed by atoms with Gasteiger partial charge in [-0.3, -0.25) is 9.48 Å². The van der Waals surface area contributed by atoms with E-state index in [-0.39, 0.29) is 5.91 Å². The standard InChI is InChI=1S/C22H28N4O2/c1-5-15-28-20-9-7-19(8-10-20)16-25(4)22(27)12-11-21-17(2)24-26(18(21)3)14-6-13-23/h5,7-10H,1,6,11-12,14-16H2,2-4H3. The number of benzene rings is 1. The molecule has 28 heavy (non-hydrogen) atoms. The van der Waals surface area contributed by atoms with E-state index in [0.29, 0.717) is 39.0 Å². The second-order valence-electron chi connectivity index (χ2n) is 6.77. The summed E-state index contributed by atoms with van der Waals surface area (Å²) < 4.78 is 7.33. The van der Waals surface area contributed by atoms with Crippen LogP contribution in [0.3, 0.4) is 0 Å². The van der Waals surface area contributed by atoms with E-state index in [4.69, 9.17) is 10.00 Å². The molecule has 0 bridgehead atoms. The SMILES string of the molecule is C=CCOc1ccc(CN(C)C(=O)CCc2c(C)nn(CCC#N)c2C)cc1. The summed E-state index contributed by atoms with van der Waals surface area (Å²) in [7, 11) is 1.82. The van der Waals surface area contributed by atoms with Crippen LogP contribution in [0.25, 0.3) is 0 Å². The first-order valence-corrected chi connectivity index (χ1v) is 9.42. The molecule has 1 amide bonds. The normalized spacial score (nSPS) is 10.4. The van der Waals surface area contributed by atoms with Gasteiger partial charge in [0.05, 0.1) is 24.7 Å². The van der Waals surface area contributed by atoms with Crippen LogP contribution in [0.1, 0.15) is 35.4 Å². The number of hydrogen-bond donors (Lipinski definition) is 0. The van der Waals surface area contributed by atoms with E-state index < -0.39 is 0 Å². The Morgan fingerprint density at radius 2 is 2.07 bits per heavy atom. The van der Waals surface area contributed by atoms with Crippen LogP contribution in [0.2, 0.25) is 0 Å². The van der Waals surface area contributed by atoms with Crippen molar-refractivity contribution in [3.05, 3.63) is 59.4 Å². The van der Waals surface area contributed by atoms with Gasteiger partial charge in [0.1, 0.15) is 12.4 Å². The van der Waals surface area contributed by atoms with Crippen LogP contribution in [0.5, 0.6) is 5.75 Å². The molecule has 0 saturated heterocycles. The highest BCUT2D eigenvalue weighted by Crippen LogP contribution is 2.17. The maximum atomic E-state index is 12.6. The lowest BCUT2D eigenvalue weighted by Gasteiger charge is -2.17. The average Bonchev–Trinajstić information content (AvgIpc) is 2.96. The fraction of sp³-hybridized carbons (Fsp3) is 0.409. The number of aromatic nitrogens is 2. The molecular formula is C22H28N4O2. The fourth-order valence-electron chi connectivity index (χ4n) is 3.10. The molecule has 0 saturated carbocycles. The van der Waals surface area contributed by atoms with Gasteiger partial charge < -0.3 is 9.64 Å². The summed E-state index contributed by atoms with van der Waals surface area (Å²) in [6, 6.07) is 9.88. The first-order valence-electron chi connectivity index (χ1n) is 9.42. The third-order valence-corrected chi connectivity index (χ3v) is 4.69. The maximum Gasteiger partial charge on any atom is 0.222 e. The molecule has 0 spiro atoms. The van der Waals surface area contributed by atoms with Crippen LogP contribution in [0, 0.1) is 25.2 Å². The second kappa shape index (κ2) is 10.3. The van der Waals surface area contributed by atoms with Crippen LogP contribution < -0.4 is 4.74 Å². The molecule has 0 atom stereocenters. The molecule has 1 aromatic carbocycles. The molecule has 2 aromatic rings. The Kier molecular flexibility index (Phi) is 7.82. The number of hydrogen-bond acceptors (Lipinski definition) is 4. The third-order valence-electron chi connectivity index (χ3n) is 4.69. The lowest BCUT2D eigenvalue weighted by molar-refractivity contribution is -0.130. The molecule has 148 valence electrons. The van der Waals surface area contributed by atoms with E-state index in [1.807, 2.05) is 49.8 Å². The highest BCUT2D eigenvalue weighted by Gasteiger charge is 2.15. The van der Waals surface area contributed by atoms with Crippen LogP contribution in [-0.4, -0.2) is 34.2 Å². The van der Waals surface area contributed by atoms with Crippen molar-refractivity contribution in [1.82, 2.24) is 14.7 Å². The van der Waals surface area contributed by atoms with Crippen molar-refractivity contribution in [2.75, 3.05) is 13.7 Å². The Balaban J connectivity index is 1.90. The number of ether oxygens (including phenoxy) is 1. The lowest BCUT2D eigenvalue weighted by Crippen LogP contribution is -2.26. The number of nitrogens with zero attached hydrogens (tertiary/aromatic N) is 4. The molecule has 1 heterocycles. The number of carbonyl (C=O) groups excluding carboxylic acids is 1. The molecule has 0 aliphatic carbocycles. The fourth-order valence-corrected chi connectivity index (χ4v) is 3.10.